The Balaban J connectivity index is 0.00000142. The van der Waals surface area contributed by atoms with Crippen LogP contribution in [0.25, 0.3) is 44.2 Å². The molecule has 7 heteroatoms. The van der Waals surface area contributed by atoms with Gasteiger partial charge in [0.2, 0.25) is 0 Å². The Labute approximate surface area is 231 Å². The SMILES string of the molecule is CC.Cc1c2c(nc3ccc4ccc(-c5ccc(CCO)cc5)cc4c13)-c1cc3c(c(=O)n1C2)COC(=O)C3O. The molecule has 5 aromatic rings. The normalized spacial score (nSPS) is 15.2. The molecule has 2 aliphatic rings. The monoisotopic (exact) mass is 534 g/mol. The zero-order chi connectivity index (χ0) is 28.1. The zero-order valence-electron chi connectivity index (χ0n) is 22.7. The summed E-state index contributed by atoms with van der Waals surface area (Å²) in [6, 6.07) is 20.4. The minimum absolute atomic E-state index is 0.128. The van der Waals surface area contributed by atoms with Crippen molar-refractivity contribution in [3.05, 3.63) is 98.8 Å². The largest absolute Gasteiger partial charge is 0.458 e. The van der Waals surface area contributed by atoms with Gasteiger partial charge in [-0.3, -0.25) is 4.79 Å². The molecule has 0 aliphatic carbocycles. The highest BCUT2D eigenvalue weighted by Crippen LogP contribution is 2.40. The van der Waals surface area contributed by atoms with Crippen molar-refractivity contribution in [3.63, 3.8) is 0 Å². The fourth-order valence-electron chi connectivity index (χ4n) is 5.85. The molecule has 1 unspecified atom stereocenters. The minimum Gasteiger partial charge on any atom is -0.458 e. The molecular formula is C33H30N2O5. The summed E-state index contributed by atoms with van der Waals surface area (Å²) in [6.45, 7) is 6.43. The van der Waals surface area contributed by atoms with E-state index in [2.05, 4.69) is 43.3 Å². The van der Waals surface area contributed by atoms with Gasteiger partial charge in [0.05, 0.1) is 29.0 Å². The topological polar surface area (TPSA) is 102 Å². The molecule has 202 valence electrons. The summed E-state index contributed by atoms with van der Waals surface area (Å²) in [7, 11) is 0. The number of fused-ring (bicyclic) bond motifs is 7. The summed E-state index contributed by atoms with van der Waals surface area (Å²) in [5, 5.41) is 22.8. The number of hydrogen-bond donors (Lipinski definition) is 2. The molecular weight excluding hydrogens is 504 g/mol. The second kappa shape index (κ2) is 10.0. The zero-order valence-corrected chi connectivity index (χ0v) is 22.7. The lowest BCUT2D eigenvalue weighted by Crippen LogP contribution is -2.32. The highest BCUT2D eigenvalue weighted by atomic mass is 16.5. The molecule has 0 amide bonds. The summed E-state index contributed by atoms with van der Waals surface area (Å²) in [5.41, 5.74) is 7.79. The van der Waals surface area contributed by atoms with E-state index in [1.54, 1.807) is 10.6 Å². The van der Waals surface area contributed by atoms with Crippen LogP contribution in [0, 0.1) is 6.92 Å². The van der Waals surface area contributed by atoms with E-state index in [0.717, 1.165) is 49.5 Å². The van der Waals surface area contributed by atoms with E-state index in [0.29, 0.717) is 35.5 Å². The highest BCUT2D eigenvalue weighted by molar-refractivity contribution is 6.10. The second-order valence-corrected chi connectivity index (χ2v) is 10.00. The van der Waals surface area contributed by atoms with Crippen LogP contribution in [0.1, 0.15) is 47.8 Å². The first-order valence-electron chi connectivity index (χ1n) is 13.6. The molecule has 40 heavy (non-hydrogen) atoms. The van der Waals surface area contributed by atoms with E-state index < -0.39 is 12.1 Å². The van der Waals surface area contributed by atoms with E-state index in [-0.39, 0.29) is 18.8 Å². The number of nitrogens with zero attached hydrogens (tertiary/aromatic N) is 2. The number of ether oxygens (including phenoxy) is 1. The Bertz CT molecular complexity index is 1870. The van der Waals surface area contributed by atoms with Gasteiger partial charge in [0.15, 0.2) is 6.10 Å². The lowest BCUT2D eigenvalue weighted by atomic mass is 9.94. The molecule has 0 fully saturated rings. The van der Waals surface area contributed by atoms with Crippen LogP contribution in [0.5, 0.6) is 0 Å². The van der Waals surface area contributed by atoms with Crippen LogP contribution in [-0.4, -0.2) is 32.3 Å². The minimum atomic E-state index is -1.47. The van der Waals surface area contributed by atoms with Gasteiger partial charge in [-0.25, -0.2) is 9.78 Å². The smallest absolute Gasteiger partial charge is 0.340 e. The summed E-state index contributed by atoms with van der Waals surface area (Å²) in [6.07, 6.45) is -0.835. The average Bonchev–Trinajstić information content (AvgIpc) is 3.36. The Morgan fingerprint density at radius 3 is 2.45 bits per heavy atom. The third kappa shape index (κ3) is 3.93. The summed E-state index contributed by atoms with van der Waals surface area (Å²) in [5.74, 6) is -0.743. The number of benzene rings is 3. The van der Waals surface area contributed by atoms with Gasteiger partial charge in [-0.1, -0.05) is 56.3 Å². The number of pyridine rings is 2. The number of cyclic esters (lactones) is 1. The molecule has 2 aromatic heterocycles. The van der Waals surface area contributed by atoms with Crippen LogP contribution in [-0.2, 0) is 29.1 Å². The number of aromatic nitrogens is 2. The van der Waals surface area contributed by atoms with E-state index >= 15 is 0 Å². The van der Waals surface area contributed by atoms with Crippen molar-refractivity contribution < 1.29 is 19.7 Å². The number of carbonyl (C=O) groups is 1. The first-order chi connectivity index (χ1) is 19.4. The molecule has 0 bridgehead atoms. The Morgan fingerprint density at radius 2 is 1.70 bits per heavy atom. The summed E-state index contributed by atoms with van der Waals surface area (Å²) in [4.78, 5) is 30.3. The van der Waals surface area contributed by atoms with Crippen molar-refractivity contribution in [2.24, 2.45) is 0 Å². The van der Waals surface area contributed by atoms with Crippen molar-refractivity contribution in [1.29, 1.82) is 0 Å². The summed E-state index contributed by atoms with van der Waals surface area (Å²) >= 11 is 0. The van der Waals surface area contributed by atoms with E-state index in [1.165, 1.54) is 0 Å². The predicted molar refractivity (Wildman–Crippen MR) is 155 cm³/mol. The maximum atomic E-state index is 13.3. The number of esters is 1. The van der Waals surface area contributed by atoms with E-state index in [9.17, 15) is 19.8 Å². The number of rotatable bonds is 3. The van der Waals surface area contributed by atoms with Crippen molar-refractivity contribution in [2.45, 2.75) is 46.4 Å². The van der Waals surface area contributed by atoms with Crippen molar-refractivity contribution in [3.8, 4) is 22.5 Å². The maximum absolute atomic E-state index is 13.3. The standard InChI is InChI=1S/C31H24N2O5.C2H6/c1-16-23-14-33-26(13-22-24(30(33)36)15-38-31(37)29(22)35)28(23)32-25-9-8-19-6-7-20(12-21(19)27(16)25)18-4-2-17(3-5-18)10-11-34;1-2/h2-9,12-13,29,34-35H,10-11,14-15H2,1H3;1-2H3. The number of hydrogen-bond acceptors (Lipinski definition) is 6. The van der Waals surface area contributed by atoms with Gasteiger partial charge >= 0.3 is 5.97 Å². The molecule has 2 aliphatic heterocycles. The molecule has 0 saturated carbocycles. The molecule has 7 rings (SSSR count). The van der Waals surface area contributed by atoms with Crippen LogP contribution in [0.4, 0.5) is 0 Å². The lowest BCUT2D eigenvalue weighted by molar-refractivity contribution is -0.157. The fourth-order valence-corrected chi connectivity index (χ4v) is 5.85. The van der Waals surface area contributed by atoms with Crippen LogP contribution in [0.15, 0.2) is 65.5 Å². The van der Waals surface area contributed by atoms with Crippen molar-refractivity contribution >= 4 is 27.6 Å². The van der Waals surface area contributed by atoms with Gasteiger partial charge in [0.1, 0.15) is 6.61 Å². The first kappa shape index (κ1) is 25.9. The molecule has 3 aromatic carbocycles. The van der Waals surface area contributed by atoms with Crippen LogP contribution in [0.2, 0.25) is 0 Å². The van der Waals surface area contributed by atoms with Gasteiger partial charge < -0.3 is 19.5 Å². The van der Waals surface area contributed by atoms with Gasteiger partial charge in [-0.05, 0) is 64.6 Å². The Hall–Kier alpha value is -4.33. The van der Waals surface area contributed by atoms with Gasteiger partial charge in [-0.15, -0.1) is 0 Å². The van der Waals surface area contributed by atoms with Gasteiger partial charge in [0.25, 0.3) is 5.56 Å². The second-order valence-electron chi connectivity index (χ2n) is 10.00. The number of carbonyl (C=O) groups excluding carboxylic acids is 1. The van der Waals surface area contributed by atoms with Crippen LogP contribution < -0.4 is 5.56 Å². The predicted octanol–water partition coefficient (Wildman–Crippen LogP) is 5.21. The lowest BCUT2D eigenvalue weighted by Gasteiger charge is -2.21. The van der Waals surface area contributed by atoms with E-state index in [1.807, 2.05) is 32.0 Å². The molecule has 1 atom stereocenters. The quantitative estimate of drug-likeness (QED) is 0.239. The summed E-state index contributed by atoms with van der Waals surface area (Å²) < 4.78 is 6.67. The van der Waals surface area contributed by atoms with Gasteiger partial charge in [-0.2, -0.15) is 0 Å². The van der Waals surface area contributed by atoms with Crippen LogP contribution in [0.3, 0.4) is 0 Å². The number of aliphatic hydroxyl groups excluding tert-OH is 2. The maximum Gasteiger partial charge on any atom is 0.340 e. The molecule has 4 heterocycles. The van der Waals surface area contributed by atoms with Crippen molar-refractivity contribution in [2.75, 3.05) is 6.61 Å². The van der Waals surface area contributed by atoms with Crippen LogP contribution >= 0.6 is 0 Å². The molecule has 0 spiro atoms. The molecule has 2 N–H and O–H groups in total. The third-order valence-corrected chi connectivity index (χ3v) is 7.90. The van der Waals surface area contributed by atoms with Crippen molar-refractivity contribution in [1.82, 2.24) is 9.55 Å². The average molecular weight is 535 g/mol. The first-order valence-corrected chi connectivity index (χ1v) is 13.6. The molecule has 0 radical (unpaired) electrons. The van der Waals surface area contributed by atoms with E-state index in [4.69, 9.17) is 9.72 Å². The number of aliphatic hydroxyl groups is 2. The Morgan fingerprint density at radius 1 is 0.975 bits per heavy atom. The highest BCUT2D eigenvalue weighted by Gasteiger charge is 2.34. The fraction of sp³-hybridized carbons (Fsp3) is 0.242. The van der Waals surface area contributed by atoms with Gasteiger partial charge in [0, 0.05) is 23.1 Å². The molecule has 0 saturated heterocycles. The third-order valence-electron chi connectivity index (χ3n) is 7.90. The molecule has 7 nitrogen and oxygen atoms in total. The Kier molecular flexibility index (Phi) is 6.49. The number of aryl methyl sites for hydroxylation is 1.